The summed E-state index contributed by atoms with van der Waals surface area (Å²) in [5.41, 5.74) is 1.13. The predicted molar refractivity (Wildman–Crippen MR) is 74.5 cm³/mol. The molecule has 2 nitrogen and oxygen atoms in total. The fourth-order valence-corrected chi connectivity index (χ4v) is 2.54. The van der Waals surface area contributed by atoms with E-state index in [2.05, 4.69) is 60.5 Å². The van der Waals surface area contributed by atoms with E-state index in [-0.39, 0.29) is 5.41 Å². The molecule has 2 aromatic carbocycles. The van der Waals surface area contributed by atoms with Gasteiger partial charge in [-0.3, -0.25) is 0 Å². The smallest absolute Gasteiger partial charge is 0.0749 e. The standard InChI is InChI=1S/C16H16N2/c1-18(12-16(11-17)9-10-16)15-8-4-6-13-5-2-3-7-14(13)15/h2-8H,9-10,12H2,1H3. The van der Waals surface area contributed by atoms with E-state index < -0.39 is 0 Å². The molecule has 3 rings (SSSR count). The van der Waals surface area contributed by atoms with Crippen LogP contribution in [0.3, 0.4) is 0 Å². The minimum Gasteiger partial charge on any atom is -0.372 e. The molecule has 0 aromatic heterocycles. The molecule has 0 heterocycles. The Morgan fingerprint density at radius 3 is 2.61 bits per heavy atom. The summed E-state index contributed by atoms with van der Waals surface area (Å²) in [6.07, 6.45) is 2.08. The van der Waals surface area contributed by atoms with Crippen molar-refractivity contribution in [2.45, 2.75) is 12.8 Å². The lowest BCUT2D eigenvalue weighted by Crippen LogP contribution is -2.25. The van der Waals surface area contributed by atoms with Crippen LogP contribution in [0, 0.1) is 16.7 Å². The number of hydrogen-bond donors (Lipinski definition) is 0. The fourth-order valence-electron chi connectivity index (χ4n) is 2.54. The molecule has 0 N–H and O–H groups in total. The van der Waals surface area contributed by atoms with E-state index >= 15 is 0 Å². The topological polar surface area (TPSA) is 27.0 Å². The highest BCUT2D eigenvalue weighted by Crippen LogP contribution is 2.46. The van der Waals surface area contributed by atoms with Gasteiger partial charge in [-0.15, -0.1) is 0 Å². The van der Waals surface area contributed by atoms with Crippen LogP contribution in [-0.4, -0.2) is 13.6 Å². The average molecular weight is 236 g/mol. The number of anilines is 1. The van der Waals surface area contributed by atoms with Crippen LogP contribution in [0.15, 0.2) is 42.5 Å². The van der Waals surface area contributed by atoms with Gasteiger partial charge in [0, 0.05) is 24.7 Å². The Labute approximate surface area is 107 Å². The molecule has 0 aliphatic heterocycles. The van der Waals surface area contributed by atoms with E-state index in [1.165, 1.54) is 16.5 Å². The zero-order chi connectivity index (χ0) is 12.6. The number of benzene rings is 2. The molecule has 2 heteroatoms. The van der Waals surface area contributed by atoms with Crippen LogP contribution in [0.1, 0.15) is 12.8 Å². The van der Waals surface area contributed by atoms with Gasteiger partial charge < -0.3 is 4.90 Å². The third-order valence-corrected chi connectivity index (χ3v) is 3.81. The van der Waals surface area contributed by atoms with Crippen molar-refractivity contribution in [2.75, 3.05) is 18.5 Å². The van der Waals surface area contributed by atoms with Gasteiger partial charge in [-0.05, 0) is 24.3 Å². The Morgan fingerprint density at radius 1 is 1.17 bits per heavy atom. The van der Waals surface area contributed by atoms with E-state index in [0.29, 0.717) is 0 Å². The van der Waals surface area contributed by atoms with Crippen molar-refractivity contribution < 1.29 is 0 Å². The second-order valence-electron chi connectivity index (χ2n) is 5.25. The Hall–Kier alpha value is -2.01. The van der Waals surface area contributed by atoms with Gasteiger partial charge in [0.05, 0.1) is 11.5 Å². The van der Waals surface area contributed by atoms with Crippen LogP contribution in [0.5, 0.6) is 0 Å². The highest BCUT2D eigenvalue weighted by molar-refractivity contribution is 5.94. The maximum atomic E-state index is 9.19. The van der Waals surface area contributed by atoms with E-state index in [1.54, 1.807) is 0 Å². The molecule has 0 radical (unpaired) electrons. The first-order valence-corrected chi connectivity index (χ1v) is 6.34. The SMILES string of the molecule is CN(CC1(C#N)CC1)c1cccc2ccccc12. The molecule has 0 unspecified atom stereocenters. The van der Waals surface area contributed by atoms with Crippen LogP contribution in [0.2, 0.25) is 0 Å². The largest absolute Gasteiger partial charge is 0.372 e. The quantitative estimate of drug-likeness (QED) is 0.814. The lowest BCUT2D eigenvalue weighted by Gasteiger charge is -2.23. The number of hydrogen-bond acceptors (Lipinski definition) is 2. The van der Waals surface area contributed by atoms with Crippen molar-refractivity contribution in [3.05, 3.63) is 42.5 Å². The van der Waals surface area contributed by atoms with Crippen LogP contribution < -0.4 is 4.90 Å². The molecule has 0 spiro atoms. The molecule has 1 saturated carbocycles. The second kappa shape index (κ2) is 4.03. The van der Waals surface area contributed by atoms with Crippen molar-refractivity contribution >= 4 is 16.5 Å². The molecular weight excluding hydrogens is 220 g/mol. The molecule has 90 valence electrons. The van der Waals surface area contributed by atoms with Gasteiger partial charge in [-0.2, -0.15) is 5.26 Å². The monoisotopic (exact) mass is 236 g/mol. The van der Waals surface area contributed by atoms with E-state index in [1.807, 2.05) is 0 Å². The van der Waals surface area contributed by atoms with Gasteiger partial charge in [-0.1, -0.05) is 36.4 Å². The van der Waals surface area contributed by atoms with E-state index in [4.69, 9.17) is 0 Å². The minimum atomic E-state index is -0.0916. The minimum absolute atomic E-state index is 0.0916. The first-order valence-electron chi connectivity index (χ1n) is 6.34. The molecule has 2 aromatic rings. The zero-order valence-corrected chi connectivity index (χ0v) is 10.6. The van der Waals surface area contributed by atoms with Gasteiger partial charge in [0.25, 0.3) is 0 Å². The van der Waals surface area contributed by atoms with Crippen LogP contribution in [0.4, 0.5) is 5.69 Å². The normalized spacial score (nSPS) is 16.2. The lowest BCUT2D eigenvalue weighted by molar-refractivity contribution is 0.654. The summed E-state index contributed by atoms with van der Waals surface area (Å²) in [6.45, 7) is 0.831. The Kier molecular flexibility index (Phi) is 2.48. The average Bonchev–Trinajstić information content (AvgIpc) is 3.18. The maximum absolute atomic E-state index is 9.19. The highest BCUT2D eigenvalue weighted by atomic mass is 15.1. The Balaban J connectivity index is 1.97. The first-order chi connectivity index (χ1) is 8.74. The molecule has 0 bridgehead atoms. The number of rotatable bonds is 3. The molecule has 0 saturated heterocycles. The summed E-state index contributed by atoms with van der Waals surface area (Å²) < 4.78 is 0. The number of fused-ring (bicyclic) bond motifs is 1. The van der Waals surface area contributed by atoms with Gasteiger partial charge >= 0.3 is 0 Å². The van der Waals surface area contributed by atoms with Gasteiger partial charge in [0.1, 0.15) is 0 Å². The van der Waals surface area contributed by atoms with Crippen LogP contribution in [-0.2, 0) is 0 Å². The zero-order valence-electron chi connectivity index (χ0n) is 10.6. The van der Waals surface area contributed by atoms with Crippen molar-refractivity contribution in [2.24, 2.45) is 5.41 Å². The molecule has 18 heavy (non-hydrogen) atoms. The van der Waals surface area contributed by atoms with Gasteiger partial charge in [0.2, 0.25) is 0 Å². The third kappa shape index (κ3) is 1.82. The number of nitrogens with zero attached hydrogens (tertiary/aromatic N) is 2. The molecule has 1 aliphatic carbocycles. The molecule has 1 aliphatic rings. The second-order valence-corrected chi connectivity index (χ2v) is 5.25. The van der Waals surface area contributed by atoms with Gasteiger partial charge in [0.15, 0.2) is 0 Å². The van der Waals surface area contributed by atoms with Crippen molar-refractivity contribution in [3.8, 4) is 6.07 Å². The molecule has 0 atom stereocenters. The van der Waals surface area contributed by atoms with Crippen LogP contribution in [0.25, 0.3) is 10.8 Å². The van der Waals surface area contributed by atoms with Crippen molar-refractivity contribution in [1.29, 1.82) is 5.26 Å². The summed E-state index contributed by atoms with van der Waals surface area (Å²) in [6, 6.07) is 17.2. The summed E-state index contributed by atoms with van der Waals surface area (Å²) in [5.74, 6) is 0. The highest BCUT2D eigenvalue weighted by Gasteiger charge is 2.44. The Morgan fingerprint density at radius 2 is 1.89 bits per heavy atom. The third-order valence-electron chi connectivity index (χ3n) is 3.81. The molecule has 1 fully saturated rings. The fraction of sp³-hybridized carbons (Fsp3) is 0.312. The van der Waals surface area contributed by atoms with Gasteiger partial charge in [-0.25, -0.2) is 0 Å². The van der Waals surface area contributed by atoms with Crippen LogP contribution >= 0.6 is 0 Å². The summed E-state index contributed by atoms with van der Waals surface area (Å²) in [7, 11) is 2.08. The number of nitriles is 1. The molecule has 0 amide bonds. The van der Waals surface area contributed by atoms with Crippen molar-refractivity contribution in [1.82, 2.24) is 0 Å². The van der Waals surface area contributed by atoms with E-state index in [9.17, 15) is 5.26 Å². The Bertz CT molecular complexity index is 615. The first kappa shape index (κ1) is 11.1. The van der Waals surface area contributed by atoms with Crippen molar-refractivity contribution in [3.63, 3.8) is 0 Å². The predicted octanol–water partition coefficient (Wildman–Crippen LogP) is 3.58. The maximum Gasteiger partial charge on any atom is 0.0749 e. The summed E-state index contributed by atoms with van der Waals surface area (Å²) >= 11 is 0. The lowest BCUT2D eigenvalue weighted by atomic mass is 10.1. The van der Waals surface area contributed by atoms with E-state index in [0.717, 1.165) is 19.4 Å². The summed E-state index contributed by atoms with van der Waals surface area (Å²) in [5, 5.41) is 11.7. The summed E-state index contributed by atoms with van der Waals surface area (Å²) in [4.78, 5) is 2.22. The molecular formula is C16H16N2.